The van der Waals surface area contributed by atoms with E-state index < -0.39 is 0 Å². The van der Waals surface area contributed by atoms with Gasteiger partial charge in [-0.05, 0) is 26.7 Å². The Bertz CT molecular complexity index is 455. The molecule has 6 heteroatoms. The first-order chi connectivity index (χ1) is 10.2. The molecule has 1 aromatic rings. The molecular formula is C15H23N3O3. The first-order valence-electron chi connectivity index (χ1n) is 7.70. The highest BCUT2D eigenvalue weighted by Crippen LogP contribution is 2.31. The smallest absolute Gasteiger partial charge is 0.257 e. The molecule has 0 unspecified atom stereocenters. The second-order valence-corrected chi connectivity index (χ2v) is 5.79. The lowest BCUT2D eigenvalue weighted by Gasteiger charge is -2.34. The highest BCUT2D eigenvalue weighted by molar-refractivity contribution is 5.48. The summed E-state index contributed by atoms with van der Waals surface area (Å²) in [6.45, 7) is 7.31. The van der Waals surface area contributed by atoms with Crippen LogP contribution in [0.3, 0.4) is 0 Å². The summed E-state index contributed by atoms with van der Waals surface area (Å²) in [6, 6.07) is 0. The van der Waals surface area contributed by atoms with Crippen LogP contribution in [0.2, 0.25) is 0 Å². The van der Waals surface area contributed by atoms with Gasteiger partial charge in [0, 0.05) is 31.4 Å². The standard InChI is InChI=1S/C15H23N3O3/c1-11(2)21-14-13(16-5-6-17-14)18-7-3-12(4-8-18)15-19-9-10-20-15/h5-6,11-12,15H,3-4,7-10H2,1-2H3. The molecule has 2 aliphatic rings. The largest absolute Gasteiger partial charge is 0.472 e. The zero-order valence-corrected chi connectivity index (χ0v) is 12.7. The zero-order valence-electron chi connectivity index (χ0n) is 12.7. The lowest BCUT2D eigenvalue weighted by molar-refractivity contribution is -0.0889. The van der Waals surface area contributed by atoms with Crippen molar-refractivity contribution in [1.82, 2.24) is 9.97 Å². The van der Waals surface area contributed by atoms with Crippen molar-refractivity contribution in [2.75, 3.05) is 31.2 Å². The average Bonchev–Trinajstić information content (AvgIpc) is 3.02. The molecule has 0 bridgehead atoms. The molecule has 2 saturated heterocycles. The SMILES string of the molecule is CC(C)Oc1nccnc1N1CCC(C2OCCO2)CC1. The minimum atomic E-state index is -0.0135. The van der Waals surface area contributed by atoms with Crippen LogP contribution in [0.25, 0.3) is 0 Å². The first kappa shape index (κ1) is 14.5. The van der Waals surface area contributed by atoms with E-state index in [4.69, 9.17) is 14.2 Å². The van der Waals surface area contributed by atoms with Crippen LogP contribution in [0.4, 0.5) is 5.82 Å². The summed E-state index contributed by atoms with van der Waals surface area (Å²) in [7, 11) is 0. The molecule has 3 heterocycles. The molecule has 2 aliphatic heterocycles. The van der Waals surface area contributed by atoms with Gasteiger partial charge in [-0.1, -0.05) is 0 Å². The number of rotatable bonds is 4. The molecule has 3 rings (SSSR count). The van der Waals surface area contributed by atoms with E-state index in [1.165, 1.54) is 0 Å². The fourth-order valence-electron chi connectivity index (χ4n) is 2.87. The second-order valence-electron chi connectivity index (χ2n) is 5.79. The molecule has 0 radical (unpaired) electrons. The van der Waals surface area contributed by atoms with Crippen molar-refractivity contribution >= 4 is 5.82 Å². The van der Waals surface area contributed by atoms with E-state index in [0.717, 1.165) is 45.0 Å². The summed E-state index contributed by atoms with van der Waals surface area (Å²) < 4.78 is 17.0. The van der Waals surface area contributed by atoms with E-state index in [1.807, 2.05) is 13.8 Å². The van der Waals surface area contributed by atoms with Gasteiger partial charge in [-0.25, -0.2) is 9.97 Å². The number of anilines is 1. The zero-order chi connectivity index (χ0) is 14.7. The molecule has 116 valence electrons. The van der Waals surface area contributed by atoms with Gasteiger partial charge in [-0.3, -0.25) is 0 Å². The molecule has 0 aromatic carbocycles. The maximum atomic E-state index is 5.76. The molecule has 0 N–H and O–H groups in total. The van der Waals surface area contributed by atoms with Gasteiger partial charge >= 0.3 is 0 Å². The van der Waals surface area contributed by atoms with Crippen molar-refractivity contribution in [3.05, 3.63) is 12.4 Å². The number of hydrogen-bond donors (Lipinski definition) is 0. The average molecular weight is 293 g/mol. The molecule has 1 aromatic heterocycles. The molecule has 0 aliphatic carbocycles. The van der Waals surface area contributed by atoms with Crippen molar-refractivity contribution in [2.24, 2.45) is 5.92 Å². The Balaban J connectivity index is 1.63. The maximum absolute atomic E-state index is 5.76. The van der Waals surface area contributed by atoms with E-state index in [0.29, 0.717) is 11.8 Å². The lowest BCUT2D eigenvalue weighted by atomic mass is 9.96. The number of hydrogen-bond acceptors (Lipinski definition) is 6. The summed E-state index contributed by atoms with van der Waals surface area (Å²) in [5.74, 6) is 1.95. The predicted octanol–water partition coefficient (Wildman–Crippen LogP) is 1.85. The Morgan fingerprint density at radius 3 is 2.48 bits per heavy atom. The Morgan fingerprint density at radius 2 is 1.81 bits per heavy atom. The van der Waals surface area contributed by atoms with E-state index in [1.54, 1.807) is 12.4 Å². The van der Waals surface area contributed by atoms with Crippen molar-refractivity contribution in [1.29, 1.82) is 0 Å². The first-order valence-corrected chi connectivity index (χ1v) is 7.70. The van der Waals surface area contributed by atoms with Gasteiger partial charge < -0.3 is 19.1 Å². The van der Waals surface area contributed by atoms with Gasteiger partial charge in [-0.15, -0.1) is 0 Å². The molecule has 21 heavy (non-hydrogen) atoms. The van der Waals surface area contributed by atoms with Gasteiger partial charge in [0.25, 0.3) is 5.88 Å². The number of ether oxygens (including phenoxy) is 3. The highest BCUT2D eigenvalue weighted by Gasteiger charge is 2.31. The summed E-state index contributed by atoms with van der Waals surface area (Å²) in [5, 5.41) is 0. The fourth-order valence-corrected chi connectivity index (χ4v) is 2.87. The Hall–Kier alpha value is -1.40. The van der Waals surface area contributed by atoms with E-state index in [9.17, 15) is 0 Å². The second kappa shape index (κ2) is 6.58. The molecule has 0 atom stereocenters. The molecule has 0 spiro atoms. The Labute approximate surface area is 125 Å². The van der Waals surface area contributed by atoms with Crippen molar-refractivity contribution in [3.8, 4) is 5.88 Å². The van der Waals surface area contributed by atoms with Gasteiger partial charge in [0.15, 0.2) is 12.1 Å². The maximum Gasteiger partial charge on any atom is 0.257 e. The topological polar surface area (TPSA) is 56.7 Å². The van der Waals surface area contributed by atoms with Crippen LogP contribution in [0.1, 0.15) is 26.7 Å². The van der Waals surface area contributed by atoms with Gasteiger partial charge in [0.1, 0.15) is 0 Å². The fraction of sp³-hybridized carbons (Fsp3) is 0.733. The minimum absolute atomic E-state index is 0.0135. The quantitative estimate of drug-likeness (QED) is 0.844. The number of aromatic nitrogens is 2. The van der Waals surface area contributed by atoms with Gasteiger partial charge in [0.2, 0.25) is 0 Å². The van der Waals surface area contributed by atoms with E-state index >= 15 is 0 Å². The highest BCUT2D eigenvalue weighted by atomic mass is 16.7. The number of nitrogens with zero attached hydrogens (tertiary/aromatic N) is 3. The van der Waals surface area contributed by atoms with Crippen LogP contribution in [-0.2, 0) is 9.47 Å². The molecular weight excluding hydrogens is 270 g/mol. The lowest BCUT2D eigenvalue weighted by Crippen LogP contribution is -2.39. The predicted molar refractivity (Wildman–Crippen MR) is 78.4 cm³/mol. The molecule has 6 nitrogen and oxygen atoms in total. The van der Waals surface area contributed by atoms with Gasteiger partial charge in [0.05, 0.1) is 19.3 Å². The van der Waals surface area contributed by atoms with Crippen LogP contribution in [0.5, 0.6) is 5.88 Å². The van der Waals surface area contributed by atoms with Crippen molar-refractivity contribution in [2.45, 2.75) is 39.1 Å². The number of piperidine rings is 1. The summed E-state index contributed by atoms with van der Waals surface area (Å²) in [4.78, 5) is 11.0. The van der Waals surface area contributed by atoms with Crippen LogP contribution >= 0.6 is 0 Å². The monoisotopic (exact) mass is 293 g/mol. The van der Waals surface area contributed by atoms with E-state index in [2.05, 4.69) is 14.9 Å². The summed E-state index contributed by atoms with van der Waals surface area (Å²) in [6.07, 6.45) is 5.56. The third-order valence-corrected chi connectivity index (χ3v) is 3.87. The molecule has 0 saturated carbocycles. The van der Waals surface area contributed by atoms with Crippen LogP contribution < -0.4 is 9.64 Å². The van der Waals surface area contributed by atoms with Crippen LogP contribution in [0.15, 0.2) is 12.4 Å². The Morgan fingerprint density at radius 1 is 1.14 bits per heavy atom. The summed E-state index contributed by atoms with van der Waals surface area (Å²) >= 11 is 0. The van der Waals surface area contributed by atoms with Gasteiger partial charge in [-0.2, -0.15) is 0 Å². The third-order valence-electron chi connectivity index (χ3n) is 3.87. The van der Waals surface area contributed by atoms with Crippen LogP contribution in [0, 0.1) is 5.92 Å². The summed E-state index contributed by atoms with van der Waals surface area (Å²) in [5.41, 5.74) is 0. The minimum Gasteiger partial charge on any atom is -0.472 e. The van der Waals surface area contributed by atoms with Crippen molar-refractivity contribution < 1.29 is 14.2 Å². The molecule has 2 fully saturated rings. The molecule has 0 amide bonds. The normalized spacial score (nSPS) is 21.2. The van der Waals surface area contributed by atoms with Crippen molar-refractivity contribution in [3.63, 3.8) is 0 Å². The third kappa shape index (κ3) is 3.44. The van der Waals surface area contributed by atoms with Crippen LogP contribution in [-0.4, -0.2) is 48.7 Å². The van der Waals surface area contributed by atoms with E-state index in [-0.39, 0.29) is 12.4 Å². The Kier molecular flexibility index (Phi) is 4.55.